The van der Waals surface area contributed by atoms with Gasteiger partial charge >= 0.3 is 0 Å². The van der Waals surface area contributed by atoms with Crippen molar-refractivity contribution < 1.29 is 22.9 Å². The van der Waals surface area contributed by atoms with Crippen molar-refractivity contribution in [2.24, 2.45) is 0 Å². The van der Waals surface area contributed by atoms with E-state index in [4.69, 9.17) is 4.74 Å². The van der Waals surface area contributed by atoms with Crippen molar-refractivity contribution in [2.75, 3.05) is 22.8 Å². The van der Waals surface area contributed by atoms with E-state index in [2.05, 4.69) is 4.72 Å². The van der Waals surface area contributed by atoms with Gasteiger partial charge < -0.3 is 9.64 Å². The minimum absolute atomic E-state index is 0.0551. The number of sulfonamides is 1. The van der Waals surface area contributed by atoms with E-state index in [1.54, 1.807) is 23.1 Å². The number of nitro groups is 1. The van der Waals surface area contributed by atoms with Crippen molar-refractivity contribution in [1.82, 2.24) is 0 Å². The van der Waals surface area contributed by atoms with Gasteiger partial charge in [-0.2, -0.15) is 0 Å². The van der Waals surface area contributed by atoms with E-state index >= 15 is 0 Å². The molecule has 1 N–H and O–H groups in total. The second kappa shape index (κ2) is 7.45. The Morgan fingerprint density at radius 3 is 2.62 bits per heavy atom. The summed E-state index contributed by atoms with van der Waals surface area (Å²) < 4.78 is 33.1. The molecule has 29 heavy (non-hydrogen) atoms. The summed E-state index contributed by atoms with van der Waals surface area (Å²) in [6.07, 6.45) is 1.82. The molecule has 2 aliphatic heterocycles. The van der Waals surface area contributed by atoms with Crippen molar-refractivity contribution in [3.8, 4) is 0 Å². The normalized spacial score (nSPS) is 18.5. The van der Waals surface area contributed by atoms with Crippen LogP contribution in [0.1, 0.15) is 18.4 Å². The molecule has 0 radical (unpaired) electrons. The van der Waals surface area contributed by atoms with Gasteiger partial charge in [-0.15, -0.1) is 0 Å². The molecule has 10 heteroatoms. The van der Waals surface area contributed by atoms with Crippen LogP contribution in [0.2, 0.25) is 0 Å². The van der Waals surface area contributed by atoms with Crippen LogP contribution >= 0.6 is 0 Å². The van der Waals surface area contributed by atoms with Gasteiger partial charge in [0.25, 0.3) is 21.6 Å². The molecule has 2 aromatic carbocycles. The summed E-state index contributed by atoms with van der Waals surface area (Å²) in [4.78, 5) is 24.4. The van der Waals surface area contributed by atoms with Gasteiger partial charge in [0, 0.05) is 36.7 Å². The summed E-state index contributed by atoms with van der Waals surface area (Å²) in [6, 6.07) is 9.70. The summed E-state index contributed by atoms with van der Waals surface area (Å²) in [5.41, 5.74) is 1.83. The molecule has 2 aliphatic rings. The number of ether oxygens (including phenoxy) is 1. The highest BCUT2D eigenvalue weighted by Gasteiger charge is 2.32. The highest BCUT2D eigenvalue weighted by Crippen LogP contribution is 2.33. The number of amides is 1. The van der Waals surface area contributed by atoms with E-state index in [0.29, 0.717) is 25.3 Å². The van der Waals surface area contributed by atoms with Gasteiger partial charge in [-0.25, -0.2) is 8.42 Å². The standard InChI is InChI=1S/C19H19N3O6S/c23-19(18-2-1-11-28-18)21-10-9-13-12-14(3-8-17(13)21)20-29(26,27)16-6-4-15(5-7-16)22(24)25/h3-8,12,18,20H,1-2,9-11H2. The SMILES string of the molecule is O=C(C1CCCO1)N1CCc2cc(NS(=O)(=O)c3ccc([N+](=O)[O-])cc3)ccc21. The number of rotatable bonds is 5. The zero-order valence-electron chi connectivity index (χ0n) is 15.4. The van der Waals surface area contributed by atoms with Gasteiger partial charge in [0.05, 0.1) is 9.82 Å². The van der Waals surface area contributed by atoms with Crippen LogP contribution in [0.5, 0.6) is 0 Å². The first-order chi connectivity index (χ1) is 13.8. The number of hydrogen-bond donors (Lipinski definition) is 1. The maximum atomic E-state index is 12.6. The largest absolute Gasteiger partial charge is 0.368 e. The zero-order valence-corrected chi connectivity index (χ0v) is 16.2. The first kappa shape index (κ1) is 19.3. The van der Waals surface area contributed by atoms with Crippen LogP contribution in [0.25, 0.3) is 0 Å². The number of nitro benzene ring substituents is 1. The molecule has 0 spiro atoms. The van der Waals surface area contributed by atoms with Crippen molar-refractivity contribution in [3.05, 3.63) is 58.1 Å². The van der Waals surface area contributed by atoms with E-state index in [-0.39, 0.29) is 16.5 Å². The second-order valence-electron chi connectivity index (χ2n) is 6.94. The number of fused-ring (bicyclic) bond motifs is 1. The molecule has 1 fully saturated rings. The maximum absolute atomic E-state index is 12.6. The van der Waals surface area contributed by atoms with Gasteiger partial charge in [-0.3, -0.25) is 19.6 Å². The van der Waals surface area contributed by atoms with Crippen LogP contribution in [0.4, 0.5) is 17.1 Å². The lowest BCUT2D eigenvalue weighted by atomic mass is 10.1. The fraction of sp³-hybridized carbons (Fsp3) is 0.316. The number of non-ortho nitro benzene ring substituents is 1. The van der Waals surface area contributed by atoms with E-state index < -0.39 is 21.1 Å². The predicted octanol–water partition coefficient (Wildman–Crippen LogP) is 2.46. The minimum atomic E-state index is -3.89. The fourth-order valence-corrected chi connectivity index (χ4v) is 4.65. The molecule has 0 saturated carbocycles. The maximum Gasteiger partial charge on any atom is 0.269 e. The molecular weight excluding hydrogens is 398 g/mol. The lowest BCUT2D eigenvalue weighted by molar-refractivity contribution is -0.384. The van der Waals surface area contributed by atoms with Gasteiger partial charge in [-0.1, -0.05) is 0 Å². The first-order valence-electron chi connectivity index (χ1n) is 9.18. The third kappa shape index (κ3) is 3.81. The quantitative estimate of drug-likeness (QED) is 0.590. The molecule has 1 amide bonds. The average molecular weight is 417 g/mol. The Morgan fingerprint density at radius 1 is 1.21 bits per heavy atom. The van der Waals surface area contributed by atoms with Crippen LogP contribution in [0.15, 0.2) is 47.4 Å². The van der Waals surface area contributed by atoms with Crippen molar-refractivity contribution in [3.63, 3.8) is 0 Å². The molecule has 1 atom stereocenters. The molecule has 2 heterocycles. The number of hydrogen-bond acceptors (Lipinski definition) is 6. The first-order valence-corrected chi connectivity index (χ1v) is 10.7. The van der Waals surface area contributed by atoms with Crippen LogP contribution in [0, 0.1) is 10.1 Å². The lowest BCUT2D eigenvalue weighted by Crippen LogP contribution is -2.37. The third-order valence-electron chi connectivity index (χ3n) is 5.06. The Kier molecular flexibility index (Phi) is 4.97. The molecule has 0 aromatic heterocycles. The minimum Gasteiger partial charge on any atom is -0.368 e. The molecule has 0 aliphatic carbocycles. The van der Waals surface area contributed by atoms with Crippen LogP contribution in [-0.4, -0.2) is 38.5 Å². The monoisotopic (exact) mass is 417 g/mol. The van der Waals surface area contributed by atoms with E-state index in [1.165, 1.54) is 12.1 Å². The Labute approximate surface area is 167 Å². The Bertz CT molecular complexity index is 1060. The average Bonchev–Trinajstić information content (AvgIpc) is 3.37. The molecule has 1 unspecified atom stereocenters. The van der Waals surface area contributed by atoms with Gasteiger partial charge in [-0.05, 0) is 55.2 Å². The van der Waals surface area contributed by atoms with Gasteiger partial charge in [0.15, 0.2) is 0 Å². The van der Waals surface area contributed by atoms with Gasteiger partial charge in [0.1, 0.15) is 6.10 Å². The summed E-state index contributed by atoms with van der Waals surface area (Å²) >= 11 is 0. The number of nitrogens with one attached hydrogen (secondary N) is 1. The molecule has 0 bridgehead atoms. The molecule has 2 aromatic rings. The van der Waals surface area contributed by atoms with Gasteiger partial charge in [0.2, 0.25) is 0 Å². The Balaban J connectivity index is 1.52. The number of carbonyl (C=O) groups excluding carboxylic acids is 1. The molecule has 9 nitrogen and oxygen atoms in total. The molecule has 152 valence electrons. The molecule has 4 rings (SSSR count). The number of nitrogens with zero attached hydrogens (tertiary/aromatic N) is 2. The van der Waals surface area contributed by atoms with Crippen LogP contribution in [-0.2, 0) is 26.0 Å². The van der Waals surface area contributed by atoms with Crippen molar-refractivity contribution >= 4 is 33.0 Å². The zero-order chi connectivity index (χ0) is 20.6. The fourth-order valence-electron chi connectivity index (χ4n) is 3.60. The number of carbonyl (C=O) groups is 1. The highest BCUT2D eigenvalue weighted by atomic mass is 32.2. The van der Waals surface area contributed by atoms with Crippen LogP contribution < -0.4 is 9.62 Å². The summed E-state index contributed by atoms with van der Waals surface area (Å²) in [7, 11) is -3.89. The Hall–Kier alpha value is -2.98. The van der Waals surface area contributed by atoms with E-state index in [0.717, 1.165) is 36.2 Å². The Morgan fingerprint density at radius 2 is 1.97 bits per heavy atom. The molecule has 1 saturated heterocycles. The van der Waals surface area contributed by atoms with Crippen LogP contribution in [0.3, 0.4) is 0 Å². The summed E-state index contributed by atoms with van der Waals surface area (Å²) in [5.74, 6) is -0.0551. The smallest absolute Gasteiger partial charge is 0.269 e. The van der Waals surface area contributed by atoms with E-state index in [9.17, 15) is 23.3 Å². The topological polar surface area (TPSA) is 119 Å². The number of anilines is 2. The lowest BCUT2D eigenvalue weighted by Gasteiger charge is -2.21. The third-order valence-corrected chi connectivity index (χ3v) is 6.45. The second-order valence-corrected chi connectivity index (χ2v) is 8.62. The highest BCUT2D eigenvalue weighted by molar-refractivity contribution is 7.92. The summed E-state index contributed by atoms with van der Waals surface area (Å²) in [6.45, 7) is 1.13. The summed E-state index contributed by atoms with van der Waals surface area (Å²) in [5, 5.41) is 10.7. The molecular formula is C19H19N3O6S. The van der Waals surface area contributed by atoms with E-state index in [1.807, 2.05) is 0 Å². The van der Waals surface area contributed by atoms with Crippen molar-refractivity contribution in [1.29, 1.82) is 0 Å². The predicted molar refractivity (Wildman–Crippen MR) is 105 cm³/mol. The van der Waals surface area contributed by atoms with Crippen molar-refractivity contribution in [2.45, 2.75) is 30.3 Å². The number of benzene rings is 2.